The summed E-state index contributed by atoms with van der Waals surface area (Å²) in [5.41, 5.74) is -6.36. The molecule has 0 aliphatic carbocycles. The third-order valence-electron chi connectivity index (χ3n) is 5.06. The van der Waals surface area contributed by atoms with Gasteiger partial charge < -0.3 is 28.4 Å². The van der Waals surface area contributed by atoms with Crippen molar-refractivity contribution in [3.05, 3.63) is 47.0 Å². The summed E-state index contributed by atoms with van der Waals surface area (Å²) < 4.78 is 114. The van der Waals surface area contributed by atoms with Crippen LogP contribution in [0, 0.1) is 0 Å². The molecule has 0 spiro atoms. The second kappa shape index (κ2) is 14.6. The van der Waals surface area contributed by atoms with E-state index in [9.17, 15) is 31.1 Å². The normalized spacial score (nSPS) is 14.5. The van der Waals surface area contributed by atoms with E-state index in [1.54, 1.807) is 6.92 Å². The number of hydrogen-bond acceptors (Lipinski definition) is 7. The molecular formula is C24H28F6LiO7P. The van der Waals surface area contributed by atoms with Gasteiger partial charge in [-0.15, -0.1) is 0 Å². The maximum absolute atomic E-state index is 13.7. The summed E-state index contributed by atoms with van der Waals surface area (Å²) in [4.78, 5) is 13.3. The van der Waals surface area contributed by atoms with Crippen LogP contribution in [0.15, 0.2) is 30.3 Å². The molecule has 0 amide bonds. The van der Waals surface area contributed by atoms with Gasteiger partial charge in [0, 0.05) is 39.0 Å². The van der Waals surface area contributed by atoms with E-state index in [2.05, 4.69) is 0 Å². The van der Waals surface area contributed by atoms with Crippen LogP contribution >= 0.6 is 8.58 Å². The molecule has 2 aromatic carbocycles. The van der Waals surface area contributed by atoms with E-state index in [1.807, 2.05) is 0 Å². The molecule has 7 nitrogen and oxygen atoms in total. The van der Waals surface area contributed by atoms with Crippen molar-refractivity contribution in [2.24, 2.45) is 0 Å². The Balaban J connectivity index is 0.00000760. The topological polar surface area (TPSA) is 72.5 Å². The van der Waals surface area contributed by atoms with Gasteiger partial charge in [0.05, 0.1) is 16.4 Å². The summed E-state index contributed by atoms with van der Waals surface area (Å²) >= 11 is 0. The molecule has 2 rings (SSSR count). The fourth-order valence-corrected chi connectivity index (χ4v) is 4.21. The molecule has 4 atom stereocenters. The molecule has 2 aromatic rings. The number of alkyl halides is 6. The number of halogens is 6. The van der Waals surface area contributed by atoms with E-state index >= 15 is 0 Å². The number of carbonyl (C=O) groups is 1. The number of hydrogen-bond donors (Lipinski definition) is 0. The first-order valence-corrected chi connectivity index (χ1v) is 12.0. The van der Waals surface area contributed by atoms with Crippen LogP contribution in [0.25, 0.3) is 0 Å². The van der Waals surface area contributed by atoms with E-state index in [-0.39, 0.29) is 41.4 Å². The van der Waals surface area contributed by atoms with Crippen LogP contribution in [0.1, 0.15) is 42.3 Å². The van der Waals surface area contributed by atoms with E-state index in [0.29, 0.717) is 18.2 Å². The fourth-order valence-electron chi connectivity index (χ4n) is 3.08. The quantitative estimate of drug-likeness (QED) is 0.145. The van der Waals surface area contributed by atoms with Gasteiger partial charge in [-0.25, -0.2) is 0 Å². The van der Waals surface area contributed by atoms with Crippen LogP contribution in [0.2, 0.25) is 0 Å². The Morgan fingerprint density at radius 3 is 1.49 bits per heavy atom. The predicted octanol–water partition coefficient (Wildman–Crippen LogP) is 5.33. The maximum atomic E-state index is 13.7. The number of benzene rings is 2. The zero-order chi connectivity index (χ0) is 28.8. The van der Waals surface area contributed by atoms with Crippen molar-refractivity contribution >= 4 is 38.3 Å². The minimum atomic E-state index is -5.22. The molecule has 0 radical (unpaired) electrons. The summed E-state index contributed by atoms with van der Waals surface area (Å²) in [6.07, 6.45) is -13.1. The van der Waals surface area contributed by atoms with Gasteiger partial charge in [0.15, 0.2) is 24.4 Å². The van der Waals surface area contributed by atoms with E-state index in [1.165, 1.54) is 47.3 Å². The molecule has 0 saturated carbocycles. The Morgan fingerprint density at radius 2 is 1.13 bits per heavy atom. The summed E-state index contributed by atoms with van der Waals surface area (Å²) in [5.74, 6) is -0.130. The predicted molar refractivity (Wildman–Crippen MR) is 134 cm³/mol. The van der Waals surface area contributed by atoms with Crippen LogP contribution < -0.4 is 19.5 Å². The van der Waals surface area contributed by atoms with Gasteiger partial charge in [-0.3, -0.25) is 4.79 Å². The van der Waals surface area contributed by atoms with Crippen LogP contribution in [-0.2, 0) is 26.6 Å². The average Bonchev–Trinajstić information content (AvgIpc) is 2.83. The number of methoxy groups -OCH3 is 3. The Morgan fingerprint density at radius 1 is 0.744 bits per heavy atom. The Bertz CT molecular complexity index is 1050. The van der Waals surface area contributed by atoms with Gasteiger partial charge in [0.25, 0.3) is 0 Å². The first-order valence-electron chi connectivity index (χ1n) is 11.0. The number of ether oxygens (including phenoxy) is 6. The van der Waals surface area contributed by atoms with Crippen molar-refractivity contribution in [1.82, 2.24) is 0 Å². The van der Waals surface area contributed by atoms with Gasteiger partial charge in [0.2, 0.25) is 0 Å². The molecule has 0 N–H and O–H groups in total. The molecule has 4 unspecified atom stereocenters. The molecule has 39 heavy (non-hydrogen) atoms. The molecule has 0 aromatic heterocycles. The standard InChI is InChI=1S/C24H27F6O7P.Li.H/c1-12(32-4)35-15-10-18(36-13(2)33-5)21(19(11-15)37-14(3)34-6)38-22(31)20-16(23(25,26)27)8-7-9-17(20)24(28,29)30;;/h7-14,38H,1-6H3;;. The molecule has 214 valence electrons. The summed E-state index contributed by atoms with van der Waals surface area (Å²) in [7, 11) is 2.71. The monoisotopic (exact) mass is 580 g/mol. The average molecular weight is 580 g/mol. The number of rotatable bonds is 12. The molecule has 0 bridgehead atoms. The van der Waals surface area contributed by atoms with Crippen molar-refractivity contribution < 1.29 is 59.6 Å². The van der Waals surface area contributed by atoms with Gasteiger partial charge >= 0.3 is 31.2 Å². The third-order valence-corrected chi connectivity index (χ3v) is 6.28. The SMILES string of the molecule is COC(C)Oc1cc(OC(C)OC)c(PC(=O)c2c(C(F)(F)F)cccc2C(F)(F)F)c(OC(C)OC)c1.[LiH]. The number of carbonyl (C=O) groups excluding carboxylic acids is 1. The van der Waals surface area contributed by atoms with E-state index in [4.69, 9.17) is 28.4 Å². The third kappa shape index (κ3) is 9.55. The van der Waals surface area contributed by atoms with E-state index < -0.39 is 62.0 Å². The van der Waals surface area contributed by atoms with Crippen LogP contribution in [-0.4, -0.2) is 64.6 Å². The Kier molecular flexibility index (Phi) is 13.1. The molecule has 0 aliphatic rings. The zero-order valence-electron chi connectivity index (χ0n) is 21.2. The van der Waals surface area contributed by atoms with Crippen molar-refractivity contribution in [2.75, 3.05) is 21.3 Å². The summed E-state index contributed by atoms with van der Waals surface area (Å²) in [6, 6.07) is 4.03. The summed E-state index contributed by atoms with van der Waals surface area (Å²) in [5, 5.41) is -0.120. The van der Waals surface area contributed by atoms with Crippen molar-refractivity contribution in [1.29, 1.82) is 0 Å². The van der Waals surface area contributed by atoms with Gasteiger partial charge in [-0.05, 0) is 41.5 Å². The summed E-state index contributed by atoms with van der Waals surface area (Å²) in [6.45, 7) is 4.54. The molecule has 0 fully saturated rings. The van der Waals surface area contributed by atoms with Gasteiger partial charge in [-0.2, -0.15) is 26.3 Å². The first-order chi connectivity index (χ1) is 17.6. The molecule has 0 heterocycles. The van der Waals surface area contributed by atoms with Gasteiger partial charge in [-0.1, -0.05) is 6.07 Å². The molecular weight excluding hydrogens is 552 g/mol. The van der Waals surface area contributed by atoms with Crippen LogP contribution in [0.5, 0.6) is 17.2 Å². The zero-order valence-corrected chi connectivity index (χ0v) is 22.2. The van der Waals surface area contributed by atoms with Gasteiger partial charge in [0.1, 0.15) is 17.2 Å². The molecule has 0 aliphatic heterocycles. The Hall–Kier alpha value is -2.00. The second-order valence-electron chi connectivity index (χ2n) is 7.74. The van der Waals surface area contributed by atoms with Crippen molar-refractivity contribution in [2.45, 2.75) is 52.0 Å². The Labute approximate surface area is 235 Å². The molecule has 15 heteroatoms. The van der Waals surface area contributed by atoms with Crippen molar-refractivity contribution in [3.8, 4) is 17.2 Å². The first kappa shape index (κ1) is 35.0. The van der Waals surface area contributed by atoms with E-state index in [0.717, 1.165) is 0 Å². The second-order valence-corrected chi connectivity index (χ2v) is 8.94. The van der Waals surface area contributed by atoms with Crippen LogP contribution in [0.3, 0.4) is 0 Å². The minimum absolute atomic E-state index is 0. The molecule has 0 saturated heterocycles. The van der Waals surface area contributed by atoms with Crippen LogP contribution in [0.4, 0.5) is 26.3 Å². The van der Waals surface area contributed by atoms with Crippen molar-refractivity contribution in [3.63, 3.8) is 0 Å². The fraction of sp³-hybridized carbons (Fsp3) is 0.458.